The number of nitrogens with two attached hydrogens (primary N) is 1. The average molecular weight is 150 g/mol. The fourth-order valence-corrected chi connectivity index (χ4v) is 1.14. The van der Waals surface area contributed by atoms with E-state index in [1.54, 1.807) is 0 Å². The van der Waals surface area contributed by atoms with Crippen LogP contribution in [0.1, 0.15) is 5.56 Å². The number of para-hydroxylation sites is 1. The molecule has 0 saturated carbocycles. The molecule has 0 atom stereocenters. The molecular weight excluding hydrogens is 136 g/mol. The lowest BCUT2D eigenvalue weighted by Gasteiger charge is -2.06. The molecule has 0 unspecified atom stereocenters. The zero-order chi connectivity index (χ0) is 8.10. The fourth-order valence-electron chi connectivity index (χ4n) is 1.14. The highest BCUT2D eigenvalue weighted by molar-refractivity contribution is 5.50. The van der Waals surface area contributed by atoms with Crippen LogP contribution < -0.4 is 11.1 Å². The minimum atomic E-state index is 0.707. The Morgan fingerprint density at radius 3 is 2.73 bits per heavy atom. The van der Waals surface area contributed by atoms with Crippen molar-refractivity contribution in [2.45, 2.75) is 6.42 Å². The van der Waals surface area contributed by atoms with E-state index in [4.69, 9.17) is 5.73 Å². The highest BCUT2D eigenvalue weighted by Crippen LogP contribution is 2.13. The van der Waals surface area contributed by atoms with Gasteiger partial charge in [0.25, 0.3) is 0 Å². The molecule has 0 amide bonds. The van der Waals surface area contributed by atoms with Crippen LogP contribution in [0, 0.1) is 0 Å². The predicted molar refractivity (Wildman–Crippen MR) is 48.7 cm³/mol. The van der Waals surface area contributed by atoms with Crippen molar-refractivity contribution in [1.82, 2.24) is 0 Å². The number of anilines is 1. The van der Waals surface area contributed by atoms with Crippen molar-refractivity contribution in [2.24, 2.45) is 5.73 Å². The largest absolute Gasteiger partial charge is 0.388 e. The number of hydrogen-bond donors (Lipinski definition) is 2. The first-order valence-electron chi connectivity index (χ1n) is 3.84. The highest BCUT2D eigenvalue weighted by Gasteiger charge is 1.95. The van der Waals surface area contributed by atoms with Gasteiger partial charge in [0.05, 0.1) is 0 Å². The summed E-state index contributed by atoms with van der Waals surface area (Å²) in [4.78, 5) is 0. The third kappa shape index (κ3) is 1.95. The van der Waals surface area contributed by atoms with E-state index in [1.165, 1.54) is 11.3 Å². The van der Waals surface area contributed by atoms with Crippen molar-refractivity contribution < 1.29 is 0 Å². The van der Waals surface area contributed by atoms with Gasteiger partial charge in [-0.2, -0.15) is 0 Å². The van der Waals surface area contributed by atoms with Gasteiger partial charge in [0, 0.05) is 12.7 Å². The molecule has 2 heteroatoms. The molecular formula is C9H14N2. The number of hydrogen-bond acceptors (Lipinski definition) is 2. The molecule has 11 heavy (non-hydrogen) atoms. The van der Waals surface area contributed by atoms with Crippen LogP contribution in [0.25, 0.3) is 0 Å². The molecule has 0 aromatic heterocycles. The van der Waals surface area contributed by atoms with Gasteiger partial charge >= 0.3 is 0 Å². The van der Waals surface area contributed by atoms with Crippen molar-refractivity contribution in [2.75, 3.05) is 18.9 Å². The van der Waals surface area contributed by atoms with E-state index in [2.05, 4.69) is 17.4 Å². The van der Waals surface area contributed by atoms with Gasteiger partial charge in [-0.3, -0.25) is 0 Å². The van der Waals surface area contributed by atoms with Crippen LogP contribution in [0.4, 0.5) is 5.69 Å². The van der Waals surface area contributed by atoms with Gasteiger partial charge in [-0.25, -0.2) is 0 Å². The lowest BCUT2D eigenvalue weighted by molar-refractivity contribution is 0.969. The van der Waals surface area contributed by atoms with Crippen LogP contribution in [-0.2, 0) is 6.42 Å². The molecule has 3 N–H and O–H groups in total. The number of rotatable bonds is 3. The molecule has 0 radical (unpaired) electrons. The van der Waals surface area contributed by atoms with Gasteiger partial charge in [-0.05, 0) is 24.6 Å². The maximum atomic E-state index is 5.46. The first-order chi connectivity index (χ1) is 5.38. The molecule has 1 rings (SSSR count). The molecule has 0 saturated heterocycles. The highest BCUT2D eigenvalue weighted by atomic mass is 14.8. The quantitative estimate of drug-likeness (QED) is 0.680. The van der Waals surface area contributed by atoms with Crippen molar-refractivity contribution in [3.63, 3.8) is 0 Å². The van der Waals surface area contributed by atoms with Crippen molar-refractivity contribution in [3.05, 3.63) is 29.8 Å². The average Bonchev–Trinajstić information content (AvgIpc) is 2.06. The maximum Gasteiger partial charge on any atom is 0.0370 e. The lowest BCUT2D eigenvalue weighted by atomic mass is 10.1. The fraction of sp³-hybridized carbons (Fsp3) is 0.333. The molecule has 2 nitrogen and oxygen atoms in total. The topological polar surface area (TPSA) is 38.0 Å². The zero-order valence-electron chi connectivity index (χ0n) is 6.80. The number of nitrogens with one attached hydrogen (secondary N) is 1. The van der Waals surface area contributed by atoms with E-state index in [-0.39, 0.29) is 0 Å². The molecule has 0 fully saturated rings. The van der Waals surface area contributed by atoms with E-state index in [0.717, 1.165) is 6.42 Å². The molecule has 0 aliphatic carbocycles. The van der Waals surface area contributed by atoms with Gasteiger partial charge < -0.3 is 11.1 Å². The summed E-state index contributed by atoms with van der Waals surface area (Å²) in [5.41, 5.74) is 7.92. The Kier molecular flexibility index (Phi) is 2.93. The van der Waals surface area contributed by atoms with Gasteiger partial charge in [0.2, 0.25) is 0 Å². The smallest absolute Gasteiger partial charge is 0.0370 e. The summed E-state index contributed by atoms with van der Waals surface area (Å²) < 4.78 is 0. The van der Waals surface area contributed by atoms with E-state index in [1.807, 2.05) is 19.2 Å². The van der Waals surface area contributed by atoms with Gasteiger partial charge in [0.1, 0.15) is 0 Å². The second-order valence-corrected chi connectivity index (χ2v) is 2.45. The standard InChI is InChI=1S/C9H14N2/c1-11-9-5-3-2-4-8(9)6-7-10/h2-5,11H,6-7,10H2,1H3. The summed E-state index contributed by atoms with van der Waals surface area (Å²) in [5, 5.41) is 3.12. The summed E-state index contributed by atoms with van der Waals surface area (Å²) in [6, 6.07) is 8.21. The summed E-state index contributed by atoms with van der Waals surface area (Å²) in [7, 11) is 1.93. The van der Waals surface area contributed by atoms with Crippen LogP contribution in [0.15, 0.2) is 24.3 Å². The van der Waals surface area contributed by atoms with Crippen LogP contribution in [0.2, 0.25) is 0 Å². The van der Waals surface area contributed by atoms with Gasteiger partial charge in [-0.1, -0.05) is 18.2 Å². The molecule has 0 spiro atoms. The summed E-state index contributed by atoms with van der Waals surface area (Å²) >= 11 is 0. The zero-order valence-corrected chi connectivity index (χ0v) is 6.80. The molecule has 0 bridgehead atoms. The molecule has 60 valence electrons. The van der Waals surface area contributed by atoms with Crippen LogP contribution in [0.5, 0.6) is 0 Å². The van der Waals surface area contributed by atoms with Crippen molar-refractivity contribution in [1.29, 1.82) is 0 Å². The maximum absolute atomic E-state index is 5.46. The molecule has 0 aliphatic rings. The Morgan fingerprint density at radius 2 is 2.09 bits per heavy atom. The van der Waals surface area contributed by atoms with E-state index >= 15 is 0 Å². The molecule has 0 aliphatic heterocycles. The Bertz CT molecular complexity index is 221. The first-order valence-corrected chi connectivity index (χ1v) is 3.84. The lowest BCUT2D eigenvalue weighted by Crippen LogP contribution is -2.04. The third-order valence-corrected chi connectivity index (χ3v) is 1.70. The minimum absolute atomic E-state index is 0.707. The number of benzene rings is 1. The van der Waals surface area contributed by atoms with Gasteiger partial charge in [-0.15, -0.1) is 0 Å². The Balaban J connectivity index is 2.83. The van der Waals surface area contributed by atoms with E-state index in [0.29, 0.717) is 6.54 Å². The Hall–Kier alpha value is -1.02. The molecule has 0 heterocycles. The van der Waals surface area contributed by atoms with Crippen LogP contribution in [-0.4, -0.2) is 13.6 Å². The van der Waals surface area contributed by atoms with Crippen LogP contribution >= 0.6 is 0 Å². The van der Waals surface area contributed by atoms with E-state index < -0.39 is 0 Å². The third-order valence-electron chi connectivity index (χ3n) is 1.70. The first kappa shape index (κ1) is 8.08. The summed E-state index contributed by atoms with van der Waals surface area (Å²) in [6.45, 7) is 0.707. The minimum Gasteiger partial charge on any atom is -0.388 e. The molecule has 1 aromatic carbocycles. The summed E-state index contributed by atoms with van der Waals surface area (Å²) in [5.74, 6) is 0. The normalized spacial score (nSPS) is 9.64. The van der Waals surface area contributed by atoms with Crippen molar-refractivity contribution in [3.8, 4) is 0 Å². The molecule has 1 aromatic rings. The Morgan fingerprint density at radius 1 is 1.36 bits per heavy atom. The summed E-state index contributed by atoms with van der Waals surface area (Å²) in [6.07, 6.45) is 0.941. The second-order valence-electron chi connectivity index (χ2n) is 2.45. The van der Waals surface area contributed by atoms with E-state index in [9.17, 15) is 0 Å². The second kappa shape index (κ2) is 3.98. The Labute approximate surface area is 67.4 Å². The monoisotopic (exact) mass is 150 g/mol. The SMILES string of the molecule is CNc1ccccc1CCN. The van der Waals surface area contributed by atoms with Crippen LogP contribution in [0.3, 0.4) is 0 Å². The van der Waals surface area contributed by atoms with Gasteiger partial charge in [0.15, 0.2) is 0 Å². The van der Waals surface area contributed by atoms with Crippen molar-refractivity contribution >= 4 is 5.69 Å². The predicted octanol–water partition coefficient (Wildman–Crippen LogP) is 1.23.